The summed E-state index contributed by atoms with van der Waals surface area (Å²) in [4.78, 5) is 24.9. The molecule has 0 aromatic heterocycles. The quantitative estimate of drug-likeness (QED) is 0.545. The van der Waals surface area contributed by atoms with Crippen LogP contribution in [0, 0.1) is 0 Å². The average Bonchev–Trinajstić information content (AvgIpc) is 2.69. The highest BCUT2D eigenvalue weighted by atomic mass is 35.5. The van der Waals surface area contributed by atoms with Gasteiger partial charge < -0.3 is 10.6 Å². The number of hydrogen-bond donors (Lipinski definition) is 3. The van der Waals surface area contributed by atoms with Crippen LogP contribution in [0.2, 0.25) is 5.02 Å². The summed E-state index contributed by atoms with van der Waals surface area (Å²) >= 11 is 11.1. The summed E-state index contributed by atoms with van der Waals surface area (Å²) in [6.07, 6.45) is 0. The van der Waals surface area contributed by atoms with Crippen LogP contribution in [-0.4, -0.2) is 16.9 Å². The Morgan fingerprint density at radius 2 is 1.50 bits per heavy atom. The Balaban J connectivity index is 1.69. The SMILES string of the molecule is O=C(NC(=S)Nc1ccccc1C(=O)Nc1ccccc1)c1cccc(Cl)c1. The van der Waals surface area contributed by atoms with Gasteiger partial charge in [-0.1, -0.05) is 48.0 Å². The molecule has 0 spiro atoms. The number of thiocarbonyl (C=S) groups is 1. The number of benzene rings is 3. The van der Waals surface area contributed by atoms with Gasteiger partial charge in [0, 0.05) is 16.3 Å². The number of amides is 2. The second-order valence-electron chi connectivity index (χ2n) is 5.78. The van der Waals surface area contributed by atoms with Crippen molar-refractivity contribution in [2.45, 2.75) is 0 Å². The van der Waals surface area contributed by atoms with Crippen molar-refractivity contribution in [3.05, 3.63) is 95.0 Å². The van der Waals surface area contributed by atoms with E-state index in [2.05, 4.69) is 16.0 Å². The first-order valence-corrected chi connectivity index (χ1v) is 9.15. The Bertz CT molecular complexity index is 1020. The maximum absolute atomic E-state index is 12.6. The highest BCUT2D eigenvalue weighted by Crippen LogP contribution is 2.17. The third-order valence-corrected chi connectivity index (χ3v) is 4.20. The molecule has 0 unspecified atom stereocenters. The lowest BCUT2D eigenvalue weighted by atomic mass is 10.1. The van der Waals surface area contributed by atoms with Crippen molar-refractivity contribution >= 4 is 52.1 Å². The Morgan fingerprint density at radius 1 is 0.786 bits per heavy atom. The fourth-order valence-corrected chi connectivity index (χ4v) is 2.86. The van der Waals surface area contributed by atoms with Crippen molar-refractivity contribution in [2.24, 2.45) is 0 Å². The molecule has 0 bridgehead atoms. The fraction of sp³-hybridized carbons (Fsp3) is 0. The molecule has 3 N–H and O–H groups in total. The van der Waals surface area contributed by atoms with Crippen LogP contribution in [0.15, 0.2) is 78.9 Å². The maximum Gasteiger partial charge on any atom is 0.257 e. The lowest BCUT2D eigenvalue weighted by molar-refractivity contribution is 0.0976. The molecule has 3 aromatic carbocycles. The first kappa shape index (κ1) is 19.5. The van der Waals surface area contributed by atoms with Crippen LogP contribution in [0.5, 0.6) is 0 Å². The van der Waals surface area contributed by atoms with E-state index in [0.29, 0.717) is 27.5 Å². The molecule has 140 valence electrons. The summed E-state index contributed by atoms with van der Waals surface area (Å²) < 4.78 is 0. The number of para-hydroxylation sites is 2. The number of carbonyl (C=O) groups excluding carboxylic acids is 2. The first-order valence-electron chi connectivity index (χ1n) is 8.36. The van der Waals surface area contributed by atoms with Gasteiger partial charge in [-0.15, -0.1) is 0 Å². The molecule has 0 aliphatic carbocycles. The summed E-state index contributed by atoms with van der Waals surface area (Å²) in [5.41, 5.74) is 1.93. The zero-order valence-corrected chi connectivity index (χ0v) is 16.2. The largest absolute Gasteiger partial charge is 0.332 e. The Labute approximate surface area is 172 Å². The molecule has 5 nitrogen and oxygen atoms in total. The summed E-state index contributed by atoms with van der Waals surface area (Å²) in [7, 11) is 0. The van der Waals surface area contributed by atoms with Crippen molar-refractivity contribution in [3.8, 4) is 0 Å². The molecule has 3 aromatic rings. The first-order chi connectivity index (χ1) is 13.5. The molecule has 0 fully saturated rings. The van der Waals surface area contributed by atoms with Crippen molar-refractivity contribution < 1.29 is 9.59 Å². The van der Waals surface area contributed by atoms with Crippen LogP contribution >= 0.6 is 23.8 Å². The minimum absolute atomic E-state index is 0.0740. The highest BCUT2D eigenvalue weighted by Gasteiger charge is 2.14. The zero-order valence-electron chi connectivity index (χ0n) is 14.6. The maximum atomic E-state index is 12.6. The summed E-state index contributed by atoms with van der Waals surface area (Å²) in [5.74, 6) is -0.690. The smallest absolute Gasteiger partial charge is 0.257 e. The second-order valence-corrected chi connectivity index (χ2v) is 6.63. The van der Waals surface area contributed by atoms with Gasteiger partial charge in [-0.2, -0.15) is 0 Å². The van der Waals surface area contributed by atoms with Gasteiger partial charge >= 0.3 is 0 Å². The van der Waals surface area contributed by atoms with E-state index >= 15 is 0 Å². The molecule has 0 saturated heterocycles. The van der Waals surface area contributed by atoms with Crippen LogP contribution in [0.4, 0.5) is 11.4 Å². The van der Waals surface area contributed by atoms with E-state index in [1.165, 1.54) is 0 Å². The van der Waals surface area contributed by atoms with Gasteiger partial charge in [0.1, 0.15) is 0 Å². The minimum atomic E-state index is -0.397. The lowest BCUT2D eigenvalue weighted by Gasteiger charge is -2.13. The van der Waals surface area contributed by atoms with Gasteiger partial charge in [0.2, 0.25) is 0 Å². The molecule has 28 heavy (non-hydrogen) atoms. The number of anilines is 2. The van der Waals surface area contributed by atoms with Crippen LogP contribution in [0.1, 0.15) is 20.7 Å². The number of halogens is 1. The van der Waals surface area contributed by atoms with Crippen LogP contribution in [0.3, 0.4) is 0 Å². The molecule has 0 atom stereocenters. The van der Waals surface area contributed by atoms with Gasteiger partial charge in [-0.3, -0.25) is 14.9 Å². The zero-order chi connectivity index (χ0) is 19.9. The van der Waals surface area contributed by atoms with E-state index in [4.69, 9.17) is 23.8 Å². The van der Waals surface area contributed by atoms with E-state index in [9.17, 15) is 9.59 Å². The third kappa shape index (κ3) is 5.16. The predicted molar refractivity (Wildman–Crippen MR) is 116 cm³/mol. The Morgan fingerprint density at radius 3 is 2.25 bits per heavy atom. The van der Waals surface area contributed by atoms with Gasteiger partial charge in [0.05, 0.1) is 11.3 Å². The molecule has 0 radical (unpaired) electrons. The van der Waals surface area contributed by atoms with Crippen molar-refractivity contribution in [2.75, 3.05) is 10.6 Å². The second kappa shape index (κ2) is 9.12. The summed E-state index contributed by atoms with van der Waals surface area (Å²) in [6.45, 7) is 0. The van der Waals surface area contributed by atoms with Gasteiger partial charge in [-0.05, 0) is 54.7 Å². The van der Waals surface area contributed by atoms with Gasteiger partial charge in [-0.25, -0.2) is 0 Å². The monoisotopic (exact) mass is 409 g/mol. The van der Waals surface area contributed by atoms with E-state index < -0.39 is 5.91 Å². The molecular formula is C21H16ClN3O2S. The summed E-state index contributed by atoms with van der Waals surface area (Å²) in [5, 5.41) is 8.82. The predicted octanol–water partition coefficient (Wildman–Crippen LogP) is 4.72. The van der Waals surface area contributed by atoms with Crippen LogP contribution in [-0.2, 0) is 0 Å². The molecule has 0 aliphatic rings. The number of rotatable bonds is 4. The lowest BCUT2D eigenvalue weighted by Crippen LogP contribution is -2.34. The molecule has 2 amide bonds. The molecule has 0 saturated carbocycles. The van der Waals surface area contributed by atoms with Gasteiger partial charge in [0.25, 0.3) is 11.8 Å². The van der Waals surface area contributed by atoms with Crippen molar-refractivity contribution in [3.63, 3.8) is 0 Å². The number of hydrogen-bond acceptors (Lipinski definition) is 3. The molecule has 3 rings (SSSR count). The molecular weight excluding hydrogens is 394 g/mol. The average molecular weight is 410 g/mol. The normalized spacial score (nSPS) is 10.0. The standard InChI is InChI=1S/C21H16ClN3O2S/c22-15-8-6-7-14(13-15)19(26)25-21(28)24-18-12-5-4-11-17(18)20(27)23-16-9-2-1-3-10-16/h1-13H,(H,23,27)(H2,24,25,26,28). The fourth-order valence-electron chi connectivity index (χ4n) is 2.47. The Kier molecular flexibility index (Phi) is 6.37. The topological polar surface area (TPSA) is 70.2 Å². The third-order valence-electron chi connectivity index (χ3n) is 3.77. The molecule has 7 heteroatoms. The summed E-state index contributed by atoms with van der Waals surface area (Å²) in [6, 6.07) is 22.5. The number of carbonyl (C=O) groups is 2. The number of nitrogens with one attached hydrogen (secondary N) is 3. The van der Waals surface area contributed by atoms with E-state index in [0.717, 1.165) is 0 Å². The highest BCUT2D eigenvalue weighted by molar-refractivity contribution is 7.80. The van der Waals surface area contributed by atoms with E-state index in [1.54, 1.807) is 60.7 Å². The van der Waals surface area contributed by atoms with E-state index in [1.807, 2.05) is 18.2 Å². The van der Waals surface area contributed by atoms with Crippen molar-refractivity contribution in [1.82, 2.24) is 5.32 Å². The minimum Gasteiger partial charge on any atom is -0.332 e. The molecule has 0 heterocycles. The van der Waals surface area contributed by atoms with Crippen molar-refractivity contribution in [1.29, 1.82) is 0 Å². The molecule has 0 aliphatic heterocycles. The van der Waals surface area contributed by atoms with E-state index in [-0.39, 0.29) is 11.0 Å². The van der Waals surface area contributed by atoms with Gasteiger partial charge in [0.15, 0.2) is 5.11 Å². The Hall–Kier alpha value is -3.22. The van der Waals surface area contributed by atoms with Crippen LogP contribution in [0.25, 0.3) is 0 Å². The van der Waals surface area contributed by atoms with Crippen LogP contribution < -0.4 is 16.0 Å².